The van der Waals surface area contributed by atoms with Crippen LogP contribution in [0.25, 0.3) is 0 Å². The van der Waals surface area contributed by atoms with Crippen molar-refractivity contribution in [1.82, 2.24) is 0 Å². The zero-order valence-electron chi connectivity index (χ0n) is 12.0. The summed E-state index contributed by atoms with van der Waals surface area (Å²) in [6.07, 6.45) is 0. The number of hydrogen-bond acceptors (Lipinski definition) is 4. The van der Waals surface area contributed by atoms with Crippen LogP contribution in [-0.2, 0) is 9.63 Å². The Bertz CT molecular complexity index is 684. The van der Waals surface area contributed by atoms with Crippen molar-refractivity contribution in [3.05, 3.63) is 64.7 Å². The van der Waals surface area contributed by atoms with Crippen molar-refractivity contribution < 1.29 is 14.4 Å². The molecule has 0 saturated heterocycles. The fraction of sp³-hybridized carbons (Fsp3) is 0.125. The van der Waals surface area contributed by atoms with Gasteiger partial charge in [-0.1, -0.05) is 46.6 Å². The molecule has 22 heavy (non-hydrogen) atoms. The maximum absolute atomic E-state index is 11.6. The van der Waals surface area contributed by atoms with Crippen molar-refractivity contribution in [2.75, 3.05) is 6.61 Å². The van der Waals surface area contributed by atoms with Crippen molar-refractivity contribution in [2.24, 2.45) is 10.9 Å². The zero-order chi connectivity index (χ0) is 15.9. The van der Waals surface area contributed by atoms with E-state index in [1.807, 2.05) is 19.1 Å². The van der Waals surface area contributed by atoms with Crippen molar-refractivity contribution >= 4 is 23.4 Å². The number of oxime groups is 1. The molecular formula is C16H15ClN2O3. The number of rotatable bonds is 5. The first-order chi connectivity index (χ1) is 10.6. The smallest absolute Gasteiger partial charge is 0.372 e. The Hall–Kier alpha value is -2.53. The van der Waals surface area contributed by atoms with Gasteiger partial charge in [-0.15, -0.1) is 0 Å². The molecule has 0 bridgehead atoms. The van der Waals surface area contributed by atoms with Crippen LogP contribution < -0.4 is 10.5 Å². The summed E-state index contributed by atoms with van der Waals surface area (Å²) in [7, 11) is 0. The van der Waals surface area contributed by atoms with Gasteiger partial charge in [0.1, 0.15) is 5.75 Å². The van der Waals surface area contributed by atoms with Crippen molar-refractivity contribution in [3.8, 4) is 5.75 Å². The maximum Gasteiger partial charge on any atom is 0.372 e. The molecule has 114 valence electrons. The largest absolute Gasteiger partial charge is 0.482 e. The van der Waals surface area contributed by atoms with E-state index in [1.165, 1.54) is 0 Å². The van der Waals surface area contributed by atoms with E-state index in [4.69, 9.17) is 26.9 Å². The summed E-state index contributed by atoms with van der Waals surface area (Å²) in [6, 6.07) is 14.2. The number of carbonyl (C=O) groups is 1. The SMILES string of the molecule is Cc1ccc(OCC(=O)ON=C(N)c2ccccc2Cl)cc1. The van der Waals surface area contributed by atoms with Gasteiger partial charge in [-0.3, -0.25) is 0 Å². The Kier molecular flexibility index (Phi) is 5.38. The molecule has 0 spiro atoms. The summed E-state index contributed by atoms with van der Waals surface area (Å²) in [5.74, 6) is -0.0598. The lowest BCUT2D eigenvalue weighted by Crippen LogP contribution is -2.18. The van der Waals surface area contributed by atoms with E-state index in [0.717, 1.165) is 5.56 Å². The van der Waals surface area contributed by atoms with Gasteiger partial charge in [-0.2, -0.15) is 0 Å². The van der Waals surface area contributed by atoms with Gasteiger partial charge in [0.05, 0.1) is 5.02 Å². The molecule has 0 fully saturated rings. The van der Waals surface area contributed by atoms with Gasteiger partial charge >= 0.3 is 5.97 Å². The van der Waals surface area contributed by atoms with Gasteiger partial charge in [0.25, 0.3) is 0 Å². The first-order valence-electron chi connectivity index (χ1n) is 6.54. The number of nitrogens with zero attached hydrogens (tertiary/aromatic N) is 1. The average molecular weight is 319 g/mol. The molecule has 0 saturated carbocycles. The highest BCUT2D eigenvalue weighted by molar-refractivity contribution is 6.34. The lowest BCUT2D eigenvalue weighted by molar-refractivity contribution is -0.146. The predicted octanol–water partition coefficient (Wildman–Crippen LogP) is 2.89. The standard InChI is InChI=1S/C16H15ClN2O3/c1-11-6-8-12(9-7-11)21-10-15(20)22-19-16(18)13-4-2-3-5-14(13)17/h2-9H,10H2,1H3,(H2,18,19). The second-order valence-electron chi connectivity index (χ2n) is 4.52. The van der Waals surface area contributed by atoms with Crippen LogP contribution in [0.5, 0.6) is 5.75 Å². The molecule has 0 atom stereocenters. The maximum atomic E-state index is 11.6. The summed E-state index contributed by atoms with van der Waals surface area (Å²) in [5.41, 5.74) is 7.32. The van der Waals surface area contributed by atoms with Crippen molar-refractivity contribution in [2.45, 2.75) is 6.92 Å². The summed E-state index contributed by atoms with van der Waals surface area (Å²) in [4.78, 5) is 16.3. The first kappa shape index (κ1) is 15.9. The molecule has 0 aliphatic carbocycles. The van der Waals surface area contributed by atoms with Crippen molar-refractivity contribution in [1.29, 1.82) is 0 Å². The molecule has 5 nitrogen and oxygen atoms in total. The van der Waals surface area contributed by atoms with Gasteiger partial charge in [0.15, 0.2) is 12.4 Å². The Morgan fingerprint density at radius 3 is 2.55 bits per heavy atom. The van der Waals surface area contributed by atoms with Gasteiger partial charge in [0.2, 0.25) is 0 Å². The second-order valence-corrected chi connectivity index (χ2v) is 4.93. The van der Waals surface area contributed by atoms with Crippen LogP contribution in [0.4, 0.5) is 0 Å². The molecule has 0 aliphatic rings. The van der Waals surface area contributed by atoms with E-state index in [9.17, 15) is 4.79 Å². The van der Waals surface area contributed by atoms with E-state index in [0.29, 0.717) is 16.3 Å². The Morgan fingerprint density at radius 2 is 1.86 bits per heavy atom. The summed E-state index contributed by atoms with van der Waals surface area (Å²) >= 11 is 5.96. The molecular weight excluding hydrogens is 304 g/mol. The first-order valence-corrected chi connectivity index (χ1v) is 6.92. The third kappa shape index (κ3) is 4.49. The molecule has 0 radical (unpaired) electrons. The monoisotopic (exact) mass is 318 g/mol. The van der Waals surface area contributed by atoms with Crippen LogP contribution in [0.15, 0.2) is 53.7 Å². The molecule has 2 rings (SSSR count). The van der Waals surface area contributed by atoms with Crippen LogP contribution in [0.1, 0.15) is 11.1 Å². The molecule has 0 amide bonds. The molecule has 0 aromatic heterocycles. The Morgan fingerprint density at radius 1 is 1.18 bits per heavy atom. The fourth-order valence-electron chi connectivity index (χ4n) is 1.62. The fourth-order valence-corrected chi connectivity index (χ4v) is 1.85. The minimum atomic E-state index is -0.657. The average Bonchev–Trinajstić information content (AvgIpc) is 2.52. The number of ether oxygens (including phenoxy) is 1. The summed E-state index contributed by atoms with van der Waals surface area (Å²) in [6.45, 7) is 1.70. The summed E-state index contributed by atoms with van der Waals surface area (Å²) < 4.78 is 5.27. The lowest BCUT2D eigenvalue weighted by Gasteiger charge is -2.05. The van der Waals surface area contributed by atoms with E-state index < -0.39 is 5.97 Å². The van der Waals surface area contributed by atoms with Crippen LogP contribution in [0.3, 0.4) is 0 Å². The molecule has 0 unspecified atom stereocenters. The molecule has 2 N–H and O–H groups in total. The normalized spacial score (nSPS) is 11.1. The number of nitrogens with two attached hydrogens (primary N) is 1. The van der Waals surface area contributed by atoms with E-state index in [1.54, 1.807) is 36.4 Å². The highest BCUT2D eigenvalue weighted by Crippen LogP contribution is 2.14. The topological polar surface area (TPSA) is 73.9 Å². The van der Waals surface area contributed by atoms with Crippen LogP contribution in [0.2, 0.25) is 5.02 Å². The van der Waals surface area contributed by atoms with Gasteiger partial charge in [-0.05, 0) is 31.2 Å². The van der Waals surface area contributed by atoms with Crippen LogP contribution in [0, 0.1) is 6.92 Å². The number of benzene rings is 2. The molecule has 2 aromatic rings. The molecule has 0 aliphatic heterocycles. The van der Waals surface area contributed by atoms with Gasteiger partial charge in [0, 0.05) is 5.56 Å². The van der Waals surface area contributed by atoms with E-state index in [2.05, 4.69) is 5.16 Å². The van der Waals surface area contributed by atoms with Gasteiger partial charge in [-0.25, -0.2) is 4.79 Å². The highest BCUT2D eigenvalue weighted by Gasteiger charge is 2.07. The third-order valence-electron chi connectivity index (χ3n) is 2.77. The Balaban J connectivity index is 1.88. The predicted molar refractivity (Wildman–Crippen MR) is 84.9 cm³/mol. The van der Waals surface area contributed by atoms with Gasteiger partial charge < -0.3 is 15.3 Å². The third-order valence-corrected chi connectivity index (χ3v) is 3.10. The molecule has 2 aromatic carbocycles. The summed E-state index contributed by atoms with van der Waals surface area (Å²) in [5, 5.41) is 3.99. The number of hydrogen-bond donors (Lipinski definition) is 1. The second kappa shape index (κ2) is 7.47. The molecule has 0 heterocycles. The minimum absolute atomic E-state index is 0.0225. The van der Waals surface area contributed by atoms with Crippen LogP contribution >= 0.6 is 11.6 Å². The van der Waals surface area contributed by atoms with Crippen molar-refractivity contribution in [3.63, 3.8) is 0 Å². The highest BCUT2D eigenvalue weighted by atomic mass is 35.5. The van der Waals surface area contributed by atoms with E-state index in [-0.39, 0.29) is 12.4 Å². The number of amidine groups is 1. The quantitative estimate of drug-likeness (QED) is 0.398. The number of aryl methyl sites for hydroxylation is 1. The zero-order valence-corrected chi connectivity index (χ0v) is 12.7. The Labute approximate surface area is 133 Å². The van der Waals surface area contributed by atoms with E-state index >= 15 is 0 Å². The molecule has 6 heteroatoms. The van der Waals surface area contributed by atoms with Crippen LogP contribution in [-0.4, -0.2) is 18.4 Å². The minimum Gasteiger partial charge on any atom is -0.482 e. The number of carbonyl (C=O) groups excluding carboxylic acids is 1. The number of halogens is 1. The lowest BCUT2D eigenvalue weighted by atomic mass is 10.2.